The quantitative estimate of drug-likeness (QED) is 0.899. The van der Waals surface area contributed by atoms with Crippen LogP contribution in [0, 0.1) is 5.92 Å². The first-order chi connectivity index (χ1) is 11.6. The number of methoxy groups -OCH3 is 1. The van der Waals surface area contributed by atoms with Gasteiger partial charge in [-0.05, 0) is 18.1 Å². The van der Waals surface area contributed by atoms with Crippen molar-refractivity contribution in [1.29, 1.82) is 0 Å². The number of fused-ring (bicyclic) bond motifs is 2. The summed E-state index contributed by atoms with van der Waals surface area (Å²) < 4.78 is 11.0. The molecule has 24 heavy (non-hydrogen) atoms. The highest BCUT2D eigenvalue weighted by Crippen LogP contribution is 2.33. The number of carbonyl (C=O) groups is 1. The molecule has 2 aromatic rings. The maximum atomic E-state index is 12.9. The molecule has 0 unspecified atom stereocenters. The fourth-order valence-corrected chi connectivity index (χ4v) is 4.19. The van der Waals surface area contributed by atoms with E-state index in [1.165, 1.54) is 11.3 Å². The molecule has 0 saturated carbocycles. The second kappa shape index (κ2) is 5.98. The Bertz CT molecular complexity index is 789. The van der Waals surface area contributed by atoms with Gasteiger partial charge < -0.3 is 20.1 Å². The van der Waals surface area contributed by atoms with Crippen LogP contribution >= 0.6 is 11.3 Å². The van der Waals surface area contributed by atoms with Gasteiger partial charge in [0.25, 0.3) is 0 Å². The fraction of sp³-hybridized carbons (Fsp3) is 0.412. The summed E-state index contributed by atoms with van der Waals surface area (Å²) in [5.74, 6) is 1.59. The molecule has 0 spiro atoms. The van der Waals surface area contributed by atoms with Crippen molar-refractivity contribution in [2.45, 2.75) is 19.4 Å². The minimum atomic E-state index is -0.141. The monoisotopic (exact) mass is 345 g/mol. The van der Waals surface area contributed by atoms with E-state index >= 15 is 0 Å². The number of hydrogen-bond donors (Lipinski definition) is 1. The zero-order valence-corrected chi connectivity index (χ0v) is 14.3. The summed E-state index contributed by atoms with van der Waals surface area (Å²) in [7, 11) is 1.63. The molecular formula is C17H19N3O3S. The lowest BCUT2D eigenvalue weighted by Gasteiger charge is -2.32. The molecule has 6 nitrogen and oxygen atoms in total. The van der Waals surface area contributed by atoms with Crippen molar-refractivity contribution in [3.8, 4) is 11.5 Å². The van der Waals surface area contributed by atoms with E-state index in [2.05, 4.69) is 4.98 Å². The predicted octanol–water partition coefficient (Wildman–Crippen LogP) is 1.87. The van der Waals surface area contributed by atoms with Crippen molar-refractivity contribution in [1.82, 2.24) is 9.88 Å². The third-order valence-electron chi connectivity index (χ3n) is 4.59. The van der Waals surface area contributed by atoms with E-state index in [4.69, 9.17) is 15.2 Å². The number of hydrogen-bond acceptors (Lipinski definition) is 6. The van der Waals surface area contributed by atoms with Crippen LogP contribution in [0.1, 0.15) is 16.1 Å². The molecule has 2 aliphatic rings. The third kappa shape index (κ3) is 2.69. The fourth-order valence-electron chi connectivity index (χ4n) is 3.30. The summed E-state index contributed by atoms with van der Waals surface area (Å²) in [4.78, 5) is 20.2. The summed E-state index contributed by atoms with van der Waals surface area (Å²) in [6, 6.07) is 5.76. The van der Waals surface area contributed by atoms with Crippen LogP contribution in [0.4, 0.5) is 5.13 Å². The average Bonchev–Trinajstić information content (AvgIpc) is 2.99. The Labute approximate surface area is 144 Å². The van der Waals surface area contributed by atoms with Crippen LogP contribution < -0.4 is 15.2 Å². The number of nitrogens with two attached hydrogens (primary N) is 1. The number of ether oxygens (including phenoxy) is 2. The van der Waals surface area contributed by atoms with Crippen LogP contribution in [0.3, 0.4) is 0 Å². The number of anilines is 1. The lowest BCUT2D eigenvalue weighted by molar-refractivity contribution is -0.137. The van der Waals surface area contributed by atoms with Gasteiger partial charge in [0.1, 0.15) is 18.1 Å². The predicted molar refractivity (Wildman–Crippen MR) is 91.3 cm³/mol. The molecule has 2 aliphatic heterocycles. The van der Waals surface area contributed by atoms with Gasteiger partial charge in [0, 0.05) is 23.9 Å². The Morgan fingerprint density at radius 1 is 1.50 bits per heavy atom. The molecule has 0 bridgehead atoms. The number of carbonyl (C=O) groups excluding carboxylic acids is 1. The molecule has 0 radical (unpaired) electrons. The molecule has 126 valence electrons. The minimum Gasteiger partial charge on any atom is -0.497 e. The van der Waals surface area contributed by atoms with Crippen molar-refractivity contribution in [2.24, 2.45) is 5.92 Å². The molecule has 2 N–H and O–H groups in total. The number of rotatable bonds is 2. The van der Waals surface area contributed by atoms with Crippen LogP contribution in [0.5, 0.6) is 11.5 Å². The zero-order valence-electron chi connectivity index (χ0n) is 13.4. The number of benzene rings is 1. The van der Waals surface area contributed by atoms with Crippen molar-refractivity contribution >= 4 is 22.4 Å². The Hall–Kier alpha value is -2.28. The van der Waals surface area contributed by atoms with Crippen LogP contribution in [0.25, 0.3) is 0 Å². The maximum Gasteiger partial charge on any atom is 0.229 e. The van der Waals surface area contributed by atoms with Crippen LogP contribution in [0.2, 0.25) is 0 Å². The second-order valence-corrected chi connectivity index (χ2v) is 7.23. The molecule has 1 aromatic carbocycles. The van der Waals surface area contributed by atoms with E-state index in [0.717, 1.165) is 34.1 Å². The molecule has 1 atom stereocenters. The zero-order chi connectivity index (χ0) is 16.7. The van der Waals surface area contributed by atoms with Gasteiger partial charge in [-0.15, -0.1) is 11.3 Å². The van der Waals surface area contributed by atoms with Gasteiger partial charge in [0.15, 0.2) is 5.13 Å². The number of amides is 1. The number of nitrogen functional groups attached to an aromatic ring is 1. The smallest absolute Gasteiger partial charge is 0.229 e. The first-order valence-electron chi connectivity index (χ1n) is 7.96. The molecule has 0 fully saturated rings. The lowest BCUT2D eigenvalue weighted by atomic mass is 9.94. The van der Waals surface area contributed by atoms with E-state index in [1.54, 1.807) is 7.11 Å². The summed E-state index contributed by atoms with van der Waals surface area (Å²) in [5, 5.41) is 0.582. The van der Waals surface area contributed by atoms with Gasteiger partial charge in [-0.25, -0.2) is 4.98 Å². The van der Waals surface area contributed by atoms with Crippen LogP contribution in [-0.4, -0.2) is 36.1 Å². The molecule has 3 heterocycles. The first-order valence-corrected chi connectivity index (χ1v) is 8.78. The van der Waals surface area contributed by atoms with Gasteiger partial charge >= 0.3 is 0 Å². The summed E-state index contributed by atoms with van der Waals surface area (Å²) in [6.07, 6.45) is 1.47. The van der Waals surface area contributed by atoms with E-state index in [0.29, 0.717) is 31.2 Å². The van der Waals surface area contributed by atoms with Gasteiger partial charge in [-0.1, -0.05) is 6.07 Å². The Morgan fingerprint density at radius 3 is 3.21 bits per heavy atom. The number of nitrogens with zero attached hydrogens (tertiary/aromatic N) is 2. The summed E-state index contributed by atoms with van der Waals surface area (Å²) >= 11 is 1.48. The highest BCUT2D eigenvalue weighted by atomic mass is 32.1. The van der Waals surface area contributed by atoms with Crippen molar-refractivity contribution < 1.29 is 14.3 Å². The Kier molecular flexibility index (Phi) is 3.80. The second-order valence-electron chi connectivity index (χ2n) is 6.12. The third-order valence-corrected chi connectivity index (χ3v) is 5.50. The van der Waals surface area contributed by atoms with Crippen molar-refractivity contribution in [3.63, 3.8) is 0 Å². The molecule has 4 rings (SSSR count). The topological polar surface area (TPSA) is 77.7 Å². The van der Waals surface area contributed by atoms with Gasteiger partial charge in [0.2, 0.25) is 5.91 Å². The van der Waals surface area contributed by atoms with Crippen LogP contribution in [0.15, 0.2) is 18.2 Å². The van der Waals surface area contributed by atoms with Crippen molar-refractivity contribution in [2.75, 3.05) is 26.0 Å². The van der Waals surface area contributed by atoms with E-state index < -0.39 is 0 Å². The normalized spacial score (nSPS) is 19.2. The maximum absolute atomic E-state index is 12.9. The number of thiazole rings is 1. The lowest BCUT2D eigenvalue weighted by Crippen LogP contribution is -2.43. The van der Waals surface area contributed by atoms with Crippen LogP contribution in [-0.2, 0) is 24.2 Å². The van der Waals surface area contributed by atoms with E-state index in [-0.39, 0.29) is 11.8 Å². The SMILES string of the molecule is COc1ccc2c(c1)OC[C@@H](C(=O)N1CCc3nc(N)sc3C1)C2. The molecule has 0 aliphatic carbocycles. The first kappa shape index (κ1) is 15.3. The molecule has 1 amide bonds. The van der Waals surface area contributed by atoms with Gasteiger partial charge in [0.05, 0.1) is 25.3 Å². The van der Waals surface area contributed by atoms with Gasteiger partial charge in [-0.2, -0.15) is 0 Å². The molecular weight excluding hydrogens is 326 g/mol. The summed E-state index contributed by atoms with van der Waals surface area (Å²) in [6.45, 7) is 1.71. The van der Waals surface area contributed by atoms with Gasteiger partial charge in [-0.3, -0.25) is 4.79 Å². The molecule has 7 heteroatoms. The average molecular weight is 345 g/mol. The van der Waals surface area contributed by atoms with E-state index in [1.807, 2.05) is 23.1 Å². The highest BCUT2D eigenvalue weighted by Gasteiger charge is 2.32. The number of aromatic nitrogens is 1. The highest BCUT2D eigenvalue weighted by molar-refractivity contribution is 7.15. The summed E-state index contributed by atoms with van der Waals surface area (Å²) in [5.41, 5.74) is 7.87. The largest absolute Gasteiger partial charge is 0.497 e. The Morgan fingerprint density at radius 2 is 2.38 bits per heavy atom. The Balaban J connectivity index is 1.48. The van der Waals surface area contributed by atoms with Crippen molar-refractivity contribution in [3.05, 3.63) is 34.3 Å². The molecule has 1 aromatic heterocycles. The standard InChI is InChI=1S/C17H19N3O3S/c1-22-12-3-2-10-6-11(9-23-14(10)7-12)16(21)20-5-4-13-15(8-20)24-17(18)19-13/h2-3,7,11H,4-6,8-9H2,1H3,(H2,18,19)/t11-/m0/s1. The van der Waals surface area contributed by atoms with E-state index in [9.17, 15) is 4.79 Å². The molecule has 0 saturated heterocycles. The minimum absolute atomic E-state index is 0.141.